The van der Waals surface area contributed by atoms with Gasteiger partial charge in [0.25, 0.3) is 0 Å². The molecule has 214 valence electrons. The minimum absolute atomic E-state index is 0.0744. The first-order valence-electron chi connectivity index (χ1n) is 13.0. The Bertz CT molecular complexity index is 886. The molecule has 12 nitrogen and oxygen atoms in total. The highest BCUT2D eigenvalue weighted by atomic mass is 16.2. The molecule has 38 heavy (non-hydrogen) atoms. The Morgan fingerprint density at radius 3 is 1.53 bits per heavy atom. The Kier molecular flexibility index (Phi) is 15.1. The van der Waals surface area contributed by atoms with Gasteiger partial charge in [-0.3, -0.25) is 19.2 Å². The standard InChI is InChI=1S/C26H46N8O4/c1-26(2,30)19-34(25(38)10-8-23(36)32-15-12-28)18-21-5-3-20(4-6-21)17-33(16-13-29)24(37)9-7-22(35)31-14-11-27/h3-6H,7-19,27-30H2,1-2H3,(H,31,35)(H,32,36). The summed E-state index contributed by atoms with van der Waals surface area (Å²) in [4.78, 5) is 52.6. The van der Waals surface area contributed by atoms with Crippen molar-refractivity contribution in [2.24, 2.45) is 22.9 Å². The van der Waals surface area contributed by atoms with Crippen LogP contribution in [0.15, 0.2) is 24.3 Å². The topological polar surface area (TPSA) is 203 Å². The molecule has 0 spiro atoms. The molecule has 0 unspecified atom stereocenters. The molecule has 0 aliphatic rings. The number of amides is 4. The largest absolute Gasteiger partial charge is 0.355 e. The van der Waals surface area contributed by atoms with Gasteiger partial charge in [-0.25, -0.2) is 0 Å². The number of nitrogens with one attached hydrogen (secondary N) is 2. The monoisotopic (exact) mass is 534 g/mol. The average Bonchev–Trinajstić information content (AvgIpc) is 2.87. The van der Waals surface area contributed by atoms with Crippen LogP contribution >= 0.6 is 0 Å². The lowest BCUT2D eigenvalue weighted by atomic mass is 10.0. The minimum atomic E-state index is -0.609. The van der Waals surface area contributed by atoms with Crippen molar-refractivity contribution >= 4 is 23.6 Å². The van der Waals surface area contributed by atoms with Crippen molar-refractivity contribution in [2.75, 3.05) is 45.8 Å². The highest BCUT2D eigenvalue weighted by Crippen LogP contribution is 2.14. The summed E-state index contributed by atoms with van der Waals surface area (Å²) < 4.78 is 0. The summed E-state index contributed by atoms with van der Waals surface area (Å²) in [6, 6.07) is 7.60. The first-order valence-corrected chi connectivity index (χ1v) is 13.0. The molecule has 1 aromatic carbocycles. The van der Waals surface area contributed by atoms with Gasteiger partial charge in [0.05, 0.1) is 0 Å². The highest BCUT2D eigenvalue weighted by Gasteiger charge is 2.22. The van der Waals surface area contributed by atoms with Crippen LogP contribution in [0, 0.1) is 0 Å². The van der Waals surface area contributed by atoms with Crippen LogP contribution in [0.3, 0.4) is 0 Å². The molecule has 0 heterocycles. The van der Waals surface area contributed by atoms with E-state index >= 15 is 0 Å². The first-order chi connectivity index (χ1) is 18.0. The van der Waals surface area contributed by atoms with Gasteiger partial charge in [-0.15, -0.1) is 0 Å². The lowest BCUT2D eigenvalue weighted by molar-refractivity contribution is -0.134. The second-order valence-electron chi connectivity index (χ2n) is 9.94. The zero-order valence-corrected chi connectivity index (χ0v) is 22.8. The van der Waals surface area contributed by atoms with Gasteiger partial charge >= 0.3 is 0 Å². The third-order valence-electron chi connectivity index (χ3n) is 5.54. The van der Waals surface area contributed by atoms with Crippen molar-refractivity contribution in [3.63, 3.8) is 0 Å². The molecule has 12 heteroatoms. The molecule has 0 radical (unpaired) electrons. The van der Waals surface area contributed by atoms with Crippen molar-refractivity contribution in [2.45, 2.75) is 58.2 Å². The number of carbonyl (C=O) groups excluding carboxylic acids is 4. The Hall–Kier alpha value is -3.06. The quantitative estimate of drug-likeness (QED) is 0.134. The normalized spacial score (nSPS) is 11.1. The molecule has 1 rings (SSSR count). The van der Waals surface area contributed by atoms with Crippen LogP contribution in [0.5, 0.6) is 0 Å². The van der Waals surface area contributed by atoms with E-state index in [1.54, 1.807) is 9.80 Å². The van der Waals surface area contributed by atoms with Gasteiger partial charge in [0.1, 0.15) is 0 Å². The van der Waals surface area contributed by atoms with Crippen molar-refractivity contribution in [3.8, 4) is 0 Å². The van der Waals surface area contributed by atoms with Crippen molar-refractivity contribution in [3.05, 3.63) is 35.4 Å². The van der Waals surface area contributed by atoms with Gasteiger partial charge in [-0.1, -0.05) is 24.3 Å². The van der Waals surface area contributed by atoms with Crippen LogP contribution in [0.1, 0.15) is 50.7 Å². The van der Waals surface area contributed by atoms with Crippen LogP contribution in [0.4, 0.5) is 0 Å². The number of hydrogen-bond acceptors (Lipinski definition) is 8. The number of benzene rings is 1. The molecule has 0 atom stereocenters. The molecule has 0 bridgehead atoms. The molecule has 10 N–H and O–H groups in total. The van der Waals surface area contributed by atoms with Crippen molar-refractivity contribution in [1.82, 2.24) is 20.4 Å². The van der Waals surface area contributed by atoms with Crippen molar-refractivity contribution in [1.29, 1.82) is 0 Å². The molecule has 0 aromatic heterocycles. The molecular formula is C26H46N8O4. The number of carbonyl (C=O) groups is 4. The smallest absolute Gasteiger partial charge is 0.223 e. The number of nitrogens with zero attached hydrogens (tertiary/aromatic N) is 2. The Morgan fingerprint density at radius 1 is 0.711 bits per heavy atom. The molecule has 0 aliphatic carbocycles. The van der Waals surface area contributed by atoms with Crippen LogP contribution in [0.25, 0.3) is 0 Å². The maximum Gasteiger partial charge on any atom is 0.223 e. The predicted octanol–water partition coefficient (Wildman–Crippen LogP) is -1.25. The van der Waals surface area contributed by atoms with Gasteiger partial charge in [0.15, 0.2) is 0 Å². The van der Waals surface area contributed by atoms with E-state index in [0.717, 1.165) is 11.1 Å². The van der Waals surface area contributed by atoms with Gasteiger partial charge in [0.2, 0.25) is 23.6 Å². The lowest BCUT2D eigenvalue weighted by Crippen LogP contribution is -2.47. The summed E-state index contributed by atoms with van der Waals surface area (Å²) in [6.07, 6.45) is 0.337. The Labute approximate surface area is 225 Å². The van der Waals surface area contributed by atoms with Crippen LogP contribution in [0.2, 0.25) is 0 Å². The molecular weight excluding hydrogens is 488 g/mol. The van der Waals surface area contributed by atoms with E-state index in [-0.39, 0.29) is 49.3 Å². The first kappa shape index (κ1) is 33.0. The molecule has 0 saturated carbocycles. The third-order valence-corrected chi connectivity index (χ3v) is 5.54. The van der Waals surface area contributed by atoms with E-state index in [1.165, 1.54) is 0 Å². The van der Waals surface area contributed by atoms with E-state index in [9.17, 15) is 19.2 Å². The summed E-state index contributed by atoms with van der Waals surface area (Å²) in [5, 5.41) is 5.32. The molecule has 0 aliphatic heterocycles. The average molecular weight is 535 g/mol. The minimum Gasteiger partial charge on any atom is -0.355 e. The summed E-state index contributed by atoms with van der Waals surface area (Å²) >= 11 is 0. The summed E-state index contributed by atoms with van der Waals surface area (Å²) in [6.45, 7) is 6.83. The van der Waals surface area contributed by atoms with Crippen LogP contribution in [-0.4, -0.2) is 84.8 Å². The number of rotatable bonds is 18. The lowest BCUT2D eigenvalue weighted by Gasteiger charge is -2.30. The Balaban J connectivity index is 2.79. The van der Waals surface area contributed by atoms with E-state index in [4.69, 9.17) is 22.9 Å². The maximum absolute atomic E-state index is 12.9. The zero-order valence-electron chi connectivity index (χ0n) is 22.8. The fourth-order valence-corrected chi connectivity index (χ4v) is 3.72. The van der Waals surface area contributed by atoms with Gasteiger partial charge in [-0.05, 0) is 25.0 Å². The second kappa shape index (κ2) is 17.4. The van der Waals surface area contributed by atoms with E-state index in [0.29, 0.717) is 58.9 Å². The summed E-state index contributed by atoms with van der Waals surface area (Å²) in [7, 11) is 0. The SMILES string of the molecule is CC(C)(N)CN(Cc1ccc(CN(CCN)C(=O)CCC(=O)NCCN)cc1)C(=O)CCC(=O)NCCN. The predicted molar refractivity (Wildman–Crippen MR) is 147 cm³/mol. The molecule has 1 aromatic rings. The van der Waals surface area contributed by atoms with Crippen LogP contribution < -0.4 is 33.6 Å². The zero-order chi connectivity index (χ0) is 28.6. The van der Waals surface area contributed by atoms with Gasteiger partial charge in [-0.2, -0.15) is 0 Å². The molecule has 0 saturated heterocycles. The van der Waals surface area contributed by atoms with Crippen molar-refractivity contribution < 1.29 is 19.2 Å². The van der Waals surface area contributed by atoms with E-state index in [2.05, 4.69) is 10.6 Å². The Morgan fingerprint density at radius 2 is 1.13 bits per heavy atom. The van der Waals surface area contributed by atoms with Gasteiger partial charge in [0, 0.05) is 90.1 Å². The number of nitrogens with two attached hydrogens (primary N) is 4. The molecule has 0 fully saturated rings. The summed E-state index contributed by atoms with van der Waals surface area (Å²) in [5.74, 6) is -0.740. The van der Waals surface area contributed by atoms with Crippen LogP contribution in [-0.2, 0) is 32.3 Å². The maximum atomic E-state index is 12.9. The third kappa shape index (κ3) is 14.0. The van der Waals surface area contributed by atoms with Gasteiger partial charge < -0.3 is 43.4 Å². The summed E-state index contributed by atoms with van der Waals surface area (Å²) in [5.41, 5.74) is 23.8. The molecule has 4 amide bonds. The second-order valence-corrected chi connectivity index (χ2v) is 9.94. The fraction of sp³-hybridized carbons (Fsp3) is 0.615. The number of hydrogen-bond donors (Lipinski definition) is 6. The van der Waals surface area contributed by atoms with E-state index in [1.807, 2.05) is 38.1 Å². The van der Waals surface area contributed by atoms with E-state index < -0.39 is 5.54 Å². The highest BCUT2D eigenvalue weighted by molar-refractivity contribution is 5.84. The fourth-order valence-electron chi connectivity index (χ4n) is 3.72.